The Kier molecular flexibility index (Phi) is 5.88. The summed E-state index contributed by atoms with van der Waals surface area (Å²) in [5, 5.41) is 3.28. The molecule has 90 valence electrons. The van der Waals surface area contributed by atoms with Crippen LogP contribution in [-0.4, -0.2) is 42.5 Å². The number of hydrogen-bond donors (Lipinski definition) is 2. The molecule has 0 spiro atoms. The van der Waals surface area contributed by atoms with E-state index in [1.165, 1.54) is 0 Å². The van der Waals surface area contributed by atoms with Crippen molar-refractivity contribution in [3.63, 3.8) is 0 Å². The summed E-state index contributed by atoms with van der Waals surface area (Å²) in [7, 11) is 0. The second-order valence-corrected chi connectivity index (χ2v) is 3.99. The van der Waals surface area contributed by atoms with E-state index in [9.17, 15) is 4.79 Å². The van der Waals surface area contributed by atoms with Crippen LogP contribution in [0.5, 0.6) is 0 Å². The summed E-state index contributed by atoms with van der Waals surface area (Å²) in [4.78, 5) is 13.6. The maximum absolute atomic E-state index is 11.4. The summed E-state index contributed by atoms with van der Waals surface area (Å²) in [6.45, 7) is 3.88. The number of hydrogen-bond acceptors (Lipinski definition) is 3. The maximum Gasteiger partial charge on any atom is 0.237 e. The minimum Gasteiger partial charge on any atom is -0.368 e. The molecule has 15 heavy (non-hydrogen) atoms. The summed E-state index contributed by atoms with van der Waals surface area (Å²) in [6.07, 6.45) is 3.07. The molecule has 0 atom stereocenters. The van der Waals surface area contributed by atoms with E-state index in [1.54, 1.807) is 0 Å². The second-order valence-electron chi connectivity index (χ2n) is 3.99. The van der Waals surface area contributed by atoms with Crippen LogP contribution >= 0.6 is 24.8 Å². The molecule has 1 heterocycles. The molecular weight excluding hydrogens is 237 g/mol. The Balaban J connectivity index is 0.000000980. The van der Waals surface area contributed by atoms with Crippen molar-refractivity contribution in [1.29, 1.82) is 0 Å². The van der Waals surface area contributed by atoms with Crippen molar-refractivity contribution < 1.29 is 4.79 Å². The molecule has 4 nitrogen and oxygen atoms in total. The van der Waals surface area contributed by atoms with Gasteiger partial charge in [-0.1, -0.05) is 0 Å². The van der Waals surface area contributed by atoms with Gasteiger partial charge in [0.05, 0.1) is 0 Å². The lowest BCUT2D eigenvalue weighted by Crippen LogP contribution is -2.65. The van der Waals surface area contributed by atoms with Gasteiger partial charge in [0, 0.05) is 26.2 Å². The average molecular weight is 256 g/mol. The van der Waals surface area contributed by atoms with Crippen LogP contribution in [0, 0.1) is 0 Å². The number of carbonyl (C=O) groups is 1. The Morgan fingerprint density at radius 1 is 1.20 bits per heavy atom. The molecular formula is C9H19Cl2N3O. The third-order valence-electron chi connectivity index (χ3n) is 3.36. The molecule has 1 aliphatic heterocycles. The molecule has 3 N–H and O–H groups in total. The first kappa shape index (κ1) is 15.0. The standard InChI is InChI=1S/C9H17N3O.2ClH/c10-8(13)9(2-1-3-9)12-6-4-11-5-7-12;;/h11H,1-7H2,(H2,10,13);2*1H. The van der Waals surface area contributed by atoms with Gasteiger partial charge in [0.15, 0.2) is 0 Å². The highest BCUT2D eigenvalue weighted by molar-refractivity contribution is 5.86. The Labute approximate surface area is 103 Å². The first-order valence-electron chi connectivity index (χ1n) is 5.01. The van der Waals surface area contributed by atoms with Crippen molar-refractivity contribution in [3.8, 4) is 0 Å². The summed E-state index contributed by atoms with van der Waals surface area (Å²) in [5.74, 6) is -0.124. The van der Waals surface area contributed by atoms with E-state index in [2.05, 4.69) is 10.2 Å². The van der Waals surface area contributed by atoms with Crippen molar-refractivity contribution in [1.82, 2.24) is 10.2 Å². The first-order valence-corrected chi connectivity index (χ1v) is 5.01. The van der Waals surface area contributed by atoms with Gasteiger partial charge in [-0.2, -0.15) is 0 Å². The van der Waals surface area contributed by atoms with E-state index >= 15 is 0 Å². The number of halogens is 2. The van der Waals surface area contributed by atoms with Crippen molar-refractivity contribution in [2.24, 2.45) is 5.73 Å². The maximum atomic E-state index is 11.4. The van der Waals surface area contributed by atoms with Gasteiger partial charge in [-0.05, 0) is 19.3 Å². The molecule has 1 aliphatic carbocycles. The third kappa shape index (κ3) is 2.56. The Morgan fingerprint density at radius 3 is 2.07 bits per heavy atom. The molecule has 1 saturated heterocycles. The van der Waals surface area contributed by atoms with E-state index in [0.29, 0.717) is 0 Å². The van der Waals surface area contributed by atoms with Crippen molar-refractivity contribution in [2.75, 3.05) is 26.2 Å². The van der Waals surface area contributed by atoms with Crippen molar-refractivity contribution in [3.05, 3.63) is 0 Å². The van der Waals surface area contributed by atoms with E-state index < -0.39 is 0 Å². The normalized spacial score (nSPS) is 24.3. The van der Waals surface area contributed by atoms with Gasteiger partial charge in [-0.15, -0.1) is 24.8 Å². The number of nitrogens with one attached hydrogen (secondary N) is 1. The van der Waals surface area contributed by atoms with E-state index in [4.69, 9.17) is 5.73 Å². The van der Waals surface area contributed by atoms with Crippen LogP contribution in [-0.2, 0) is 4.79 Å². The van der Waals surface area contributed by atoms with E-state index in [-0.39, 0.29) is 36.3 Å². The predicted octanol–water partition coefficient (Wildman–Crippen LogP) is 0.143. The molecule has 1 amide bonds. The van der Waals surface area contributed by atoms with Crippen LogP contribution in [0.15, 0.2) is 0 Å². The molecule has 0 aromatic carbocycles. The summed E-state index contributed by atoms with van der Waals surface area (Å²) < 4.78 is 0. The molecule has 6 heteroatoms. The zero-order valence-corrected chi connectivity index (χ0v) is 10.3. The highest BCUT2D eigenvalue weighted by atomic mass is 35.5. The highest BCUT2D eigenvalue weighted by Crippen LogP contribution is 2.37. The Bertz CT molecular complexity index is 215. The second kappa shape index (κ2) is 5.89. The Morgan fingerprint density at radius 2 is 1.73 bits per heavy atom. The minimum absolute atomic E-state index is 0. The minimum atomic E-state index is -0.276. The van der Waals surface area contributed by atoms with Crippen LogP contribution in [0.3, 0.4) is 0 Å². The summed E-state index contributed by atoms with van der Waals surface area (Å²) >= 11 is 0. The summed E-state index contributed by atoms with van der Waals surface area (Å²) in [5.41, 5.74) is 5.19. The fourth-order valence-electron chi connectivity index (χ4n) is 2.32. The van der Waals surface area contributed by atoms with Crippen LogP contribution < -0.4 is 11.1 Å². The fraction of sp³-hybridized carbons (Fsp3) is 0.889. The lowest BCUT2D eigenvalue weighted by Gasteiger charge is -2.49. The van der Waals surface area contributed by atoms with Crippen LogP contribution in [0.1, 0.15) is 19.3 Å². The molecule has 0 bridgehead atoms. The number of piperazine rings is 1. The molecule has 0 aromatic rings. The predicted molar refractivity (Wildman–Crippen MR) is 64.7 cm³/mol. The molecule has 2 aliphatic rings. The van der Waals surface area contributed by atoms with Crippen LogP contribution in [0.2, 0.25) is 0 Å². The van der Waals surface area contributed by atoms with E-state index in [1.807, 2.05) is 0 Å². The number of carbonyl (C=O) groups excluding carboxylic acids is 1. The molecule has 0 radical (unpaired) electrons. The monoisotopic (exact) mass is 255 g/mol. The molecule has 1 saturated carbocycles. The number of amides is 1. The molecule has 0 unspecified atom stereocenters. The van der Waals surface area contributed by atoms with Gasteiger partial charge in [0.25, 0.3) is 0 Å². The lowest BCUT2D eigenvalue weighted by molar-refractivity contribution is -0.137. The van der Waals surface area contributed by atoms with Gasteiger partial charge in [0.1, 0.15) is 5.54 Å². The fourth-order valence-corrected chi connectivity index (χ4v) is 2.32. The first-order chi connectivity index (χ1) is 6.26. The molecule has 2 fully saturated rings. The number of nitrogens with zero attached hydrogens (tertiary/aromatic N) is 1. The molecule has 2 rings (SSSR count). The zero-order valence-electron chi connectivity index (χ0n) is 8.70. The topological polar surface area (TPSA) is 58.4 Å². The molecule has 0 aromatic heterocycles. The Hall–Kier alpha value is -0.0300. The highest BCUT2D eigenvalue weighted by Gasteiger charge is 2.47. The van der Waals surface area contributed by atoms with Gasteiger partial charge in [-0.3, -0.25) is 9.69 Å². The SMILES string of the molecule is Cl.Cl.NC(=O)C1(N2CCNCC2)CCC1. The van der Waals surface area contributed by atoms with Crippen molar-refractivity contribution >= 4 is 30.7 Å². The quantitative estimate of drug-likeness (QED) is 0.739. The van der Waals surface area contributed by atoms with Crippen LogP contribution in [0.4, 0.5) is 0 Å². The lowest BCUT2D eigenvalue weighted by atomic mass is 9.74. The van der Waals surface area contributed by atoms with Gasteiger partial charge >= 0.3 is 0 Å². The zero-order chi connectivity index (χ0) is 9.31. The number of rotatable bonds is 2. The van der Waals surface area contributed by atoms with Crippen LogP contribution in [0.25, 0.3) is 0 Å². The smallest absolute Gasteiger partial charge is 0.237 e. The van der Waals surface area contributed by atoms with Gasteiger partial charge in [-0.25, -0.2) is 0 Å². The number of primary amides is 1. The largest absolute Gasteiger partial charge is 0.368 e. The third-order valence-corrected chi connectivity index (χ3v) is 3.36. The summed E-state index contributed by atoms with van der Waals surface area (Å²) in [6, 6.07) is 0. The van der Waals surface area contributed by atoms with E-state index in [0.717, 1.165) is 45.4 Å². The van der Waals surface area contributed by atoms with Gasteiger partial charge < -0.3 is 11.1 Å². The number of nitrogens with two attached hydrogens (primary N) is 1. The average Bonchev–Trinajstić information content (AvgIpc) is 2.03. The van der Waals surface area contributed by atoms with Gasteiger partial charge in [0.2, 0.25) is 5.91 Å². The van der Waals surface area contributed by atoms with Crippen molar-refractivity contribution in [2.45, 2.75) is 24.8 Å².